The van der Waals surface area contributed by atoms with Crippen LogP contribution >= 0.6 is 0 Å². The highest BCUT2D eigenvalue weighted by molar-refractivity contribution is 7.93. The third-order valence-electron chi connectivity index (χ3n) is 4.77. The SMILES string of the molecule is Cc1ccc(S(=O)(=O)C2(Cc3ccco3)C(=O)Nc3ccccc32)cc1. The van der Waals surface area contributed by atoms with Crippen molar-refractivity contribution in [3.63, 3.8) is 0 Å². The molecule has 1 N–H and O–H groups in total. The summed E-state index contributed by atoms with van der Waals surface area (Å²) in [4.78, 5) is 13.1. The zero-order valence-corrected chi connectivity index (χ0v) is 14.9. The maximum atomic E-state index is 13.7. The predicted molar refractivity (Wildman–Crippen MR) is 97.5 cm³/mol. The van der Waals surface area contributed by atoms with Crippen LogP contribution in [-0.2, 0) is 25.8 Å². The second kappa shape index (κ2) is 5.85. The molecule has 0 saturated heterocycles. The van der Waals surface area contributed by atoms with E-state index in [0.717, 1.165) is 5.56 Å². The van der Waals surface area contributed by atoms with Crippen LogP contribution < -0.4 is 5.32 Å². The van der Waals surface area contributed by atoms with Crippen molar-refractivity contribution in [1.82, 2.24) is 0 Å². The van der Waals surface area contributed by atoms with Crippen molar-refractivity contribution in [3.05, 3.63) is 83.8 Å². The van der Waals surface area contributed by atoms with Crippen LogP contribution in [0, 0.1) is 6.92 Å². The van der Waals surface area contributed by atoms with Gasteiger partial charge in [-0.1, -0.05) is 35.9 Å². The van der Waals surface area contributed by atoms with Crippen LogP contribution in [0.4, 0.5) is 5.69 Å². The van der Waals surface area contributed by atoms with E-state index in [1.54, 1.807) is 60.7 Å². The first-order chi connectivity index (χ1) is 12.4. The molecule has 1 aromatic heterocycles. The number of para-hydroxylation sites is 1. The molecule has 26 heavy (non-hydrogen) atoms. The average Bonchev–Trinajstić information content (AvgIpc) is 3.23. The van der Waals surface area contributed by atoms with Gasteiger partial charge in [0.25, 0.3) is 5.91 Å². The Kier molecular flexibility index (Phi) is 3.73. The van der Waals surface area contributed by atoms with Gasteiger partial charge in [0.1, 0.15) is 5.76 Å². The van der Waals surface area contributed by atoms with Crippen LogP contribution in [0.1, 0.15) is 16.9 Å². The molecule has 1 atom stereocenters. The summed E-state index contributed by atoms with van der Waals surface area (Å²) in [5.41, 5.74) is 1.90. The molecular formula is C20H17NO4S. The van der Waals surface area contributed by atoms with Crippen LogP contribution in [0.15, 0.2) is 76.2 Å². The first-order valence-electron chi connectivity index (χ1n) is 8.20. The average molecular weight is 367 g/mol. The second-order valence-electron chi connectivity index (χ2n) is 6.40. The zero-order chi connectivity index (χ0) is 18.4. The van der Waals surface area contributed by atoms with Gasteiger partial charge in [-0.05, 0) is 37.3 Å². The molecule has 1 unspecified atom stereocenters. The van der Waals surface area contributed by atoms with E-state index in [1.807, 2.05) is 6.92 Å². The summed E-state index contributed by atoms with van der Waals surface area (Å²) in [7, 11) is -4.03. The topological polar surface area (TPSA) is 76.4 Å². The molecule has 1 aliphatic heterocycles. The number of carbonyl (C=O) groups is 1. The van der Waals surface area contributed by atoms with Gasteiger partial charge in [0.2, 0.25) is 0 Å². The number of aryl methyl sites for hydroxylation is 1. The largest absolute Gasteiger partial charge is 0.469 e. The molecule has 0 saturated carbocycles. The second-order valence-corrected chi connectivity index (χ2v) is 8.57. The van der Waals surface area contributed by atoms with Gasteiger partial charge in [0.05, 0.1) is 11.2 Å². The lowest BCUT2D eigenvalue weighted by atomic mass is 9.95. The van der Waals surface area contributed by atoms with E-state index in [-0.39, 0.29) is 11.3 Å². The summed E-state index contributed by atoms with van der Waals surface area (Å²) in [6.45, 7) is 1.88. The number of nitrogens with one attached hydrogen (secondary N) is 1. The molecule has 132 valence electrons. The Balaban J connectivity index is 1.98. The highest BCUT2D eigenvalue weighted by Gasteiger charge is 2.57. The van der Waals surface area contributed by atoms with Crippen LogP contribution in [0.25, 0.3) is 0 Å². The lowest BCUT2D eigenvalue weighted by molar-refractivity contribution is -0.118. The number of rotatable bonds is 4. The lowest BCUT2D eigenvalue weighted by Gasteiger charge is -2.26. The van der Waals surface area contributed by atoms with Gasteiger partial charge < -0.3 is 9.73 Å². The van der Waals surface area contributed by atoms with Gasteiger partial charge in [0.15, 0.2) is 14.6 Å². The minimum atomic E-state index is -4.03. The fourth-order valence-corrected chi connectivity index (χ4v) is 5.40. The normalized spacial score (nSPS) is 19.2. The monoisotopic (exact) mass is 367 g/mol. The Morgan fingerprint density at radius 1 is 1.00 bits per heavy atom. The maximum absolute atomic E-state index is 13.7. The summed E-state index contributed by atoms with van der Waals surface area (Å²) in [6.07, 6.45) is 1.40. The van der Waals surface area contributed by atoms with Crippen molar-refractivity contribution in [2.24, 2.45) is 0 Å². The minimum Gasteiger partial charge on any atom is -0.469 e. The molecule has 0 fully saturated rings. The van der Waals surface area contributed by atoms with Crippen molar-refractivity contribution in [2.45, 2.75) is 23.0 Å². The van der Waals surface area contributed by atoms with E-state index in [2.05, 4.69) is 5.32 Å². The number of fused-ring (bicyclic) bond motifs is 1. The number of furan rings is 1. The summed E-state index contributed by atoms with van der Waals surface area (Å²) in [6, 6.07) is 16.8. The number of hydrogen-bond donors (Lipinski definition) is 1. The molecule has 3 aromatic rings. The minimum absolute atomic E-state index is 0.0704. The molecule has 2 aromatic carbocycles. The van der Waals surface area contributed by atoms with Gasteiger partial charge in [-0.3, -0.25) is 4.79 Å². The number of hydrogen-bond acceptors (Lipinski definition) is 4. The summed E-state index contributed by atoms with van der Waals surface area (Å²) in [5, 5.41) is 2.73. The van der Waals surface area contributed by atoms with Crippen LogP contribution in [0.2, 0.25) is 0 Å². The van der Waals surface area contributed by atoms with Crippen molar-refractivity contribution in [1.29, 1.82) is 0 Å². The third kappa shape index (κ3) is 2.29. The molecule has 1 amide bonds. The van der Waals surface area contributed by atoms with E-state index >= 15 is 0 Å². The number of carbonyl (C=O) groups excluding carboxylic acids is 1. The molecule has 4 rings (SSSR count). The van der Waals surface area contributed by atoms with Crippen molar-refractivity contribution < 1.29 is 17.6 Å². The van der Waals surface area contributed by atoms with Gasteiger partial charge in [-0.25, -0.2) is 8.42 Å². The molecule has 0 radical (unpaired) electrons. The maximum Gasteiger partial charge on any atom is 0.251 e. The van der Waals surface area contributed by atoms with E-state index in [0.29, 0.717) is 17.0 Å². The molecule has 5 nitrogen and oxygen atoms in total. The molecule has 0 bridgehead atoms. The van der Waals surface area contributed by atoms with E-state index in [1.165, 1.54) is 6.26 Å². The highest BCUT2D eigenvalue weighted by Crippen LogP contribution is 2.46. The number of benzene rings is 2. The smallest absolute Gasteiger partial charge is 0.251 e. The van der Waals surface area contributed by atoms with Crippen molar-refractivity contribution in [3.8, 4) is 0 Å². The third-order valence-corrected chi connectivity index (χ3v) is 7.13. The molecular weight excluding hydrogens is 350 g/mol. The van der Waals surface area contributed by atoms with Crippen LogP contribution in [0.3, 0.4) is 0 Å². The van der Waals surface area contributed by atoms with Crippen LogP contribution in [0.5, 0.6) is 0 Å². The Bertz CT molecular complexity index is 1070. The summed E-state index contributed by atoms with van der Waals surface area (Å²) < 4.78 is 31.0. The Morgan fingerprint density at radius 2 is 1.73 bits per heavy atom. The predicted octanol–water partition coefficient (Wildman–Crippen LogP) is 3.45. The number of sulfone groups is 1. The summed E-state index contributed by atoms with van der Waals surface area (Å²) in [5.74, 6) is -0.122. The standard InChI is InChI=1S/C20H17NO4S/c1-14-8-10-16(11-9-14)26(23,24)20(13-15-5-4-12-25-15)17-6-2-3-7-18(17)21-19(20)22/h2-12H,13H2,1H3,(H,21,22). The Morgan fingerprint density at radius 3 is 2.42 bits per heavy atom. The molecule has 0 aliphatic carbocycles. The molecule has 1 aliphatic rings. The first-order valence-corrected chi connectivity index (χ1v) is 9.68. The van der Waals surface area contributed by atoms with Gasteiger partial charge in [-0.15, -0.1) is 0 Å². The molecule has 0 spiro atoms. The molecule has 6 heteroatoms. The van der Waals surface area contributed by atoms with Crippen molar-refractivity contribution in [2.75, 3.05) is 5.32 Å². The lowest BCUT2D eigenvalue weighted by Crippen LogP contribution is -2.44. The number of anilines is 1. The van der Waals surface area contributed by atoms with Crippen LogP contribution in [-0.4, -0.2) is 14.3 Å². The zero-order valence-electron chi connectivity index (χ0n) is 14.1. The summed E-state index contributed by atoms with van der Waals surface area (Å²) >= 11 is 0. The fraction of sp³-hybridized carbons (Fsp3) is 0.150. The van der Waals surface area contributed by atoms with E-state index < -0.39 is 20.5 Å². The number of amides is 1. The Labute approximate surface area is 151 Å². The van der Waals surface area contributed by atoms with Crippen molar-refractivity contribution >= 4 is 21.4 Å². The quantitative estimate of drug-likeness (QED) is 0.766. The highest BCUT2D eigenvalue weighted by atomic mass is 32.2. The van der Waals surface area contributed by atoms with Gasteiger partial charge in [-0.2, -0.15) is 0 Å². The van der Waals surface area contributed by atoms with E-state index in [4.69, 9.17) is 4.42 Å². The van der Waals surface area contributed by atoms with Gasteiger partial charge >= 0.3 is 0 Å². The first kappa shape index (κ1) is 16.6. The fourth-order valence-electron chi connectivity index (χ4n) is 3.40. The van der Waals surface area contributed by atoms with Gasteiger partial charge in [0, 0.05) is 17.7 Å². The Hall–Kier alpha value is -2.86. The van der Waals surface area contributed by atoms with E-state index in [9.17, 15) is 13.2 Å². The molecule has 2 heterocycles.